The first kappa shape index (κ1) is 11.7. The number of ether oxygens (including phenoxy) is 2. The molecule has 0 aliphatic rings. The molecule has 0 amide bonds. The van der Waals surface area contributed by atoms with Crippen molar-refractivity contribution >= 4 is 15.2 Å². The molecule has 0 bridgehead atoms. The van der Waals surface area contributed by atoms with Crippen LogP contribution in [0.5, 0.6) is 0 Å². The molecule has 0 unspecified atom stereocenters. The van der Waals surface area contributed by atoms with E-state index in [1.807, 2.05) is 0 Å². The van der Waals surface area contributed by atoms with E-state index in [-0.39, 0.29) is 17.0 Å². The van der Waals surface area contributed by atoms with Gasteiger partial charge in [-0.15, -0.1) is 0 Å². The first-order valence-electron chi connectivity index (χ1n) is 2.21. The van der Waals surface area contributed by atoms with Crippen molar-refractivity contribution in [1.82, 2.24) is 0 Å². The number of rotatable bonds is 4. The van der Waals surface area contributed by atoms with Crippen LogP contribution in [0.4, 0.5) is 0 Å². The van der Waals surface area contributed by atoms with E-state index < -0.39 is 0 Å². The van der Waals surface area contributed by atoms with E-state index in [1.54, 1.807) is 14.2 Å². The van der Waals surface area contributed by atoms with Crippen LogP contribution in [0.2, 0.25) is 0 Å². The molecule has 4 heteroatoms. The van der Waals surface area contributed by atoms with Gasteiger partial charge in [-0.05, 0) is 0 Å². The molecule has 0 aliphatic carbocycles. The first-order valence-corrected chi connectivity index (χ1v) is 3.84. The number of methoxy groups -OCH3 is 2. The van der Waals surface area contributed by atoms with Gasteiger partial charge in [-0.25, -0.2) is 0 Å². The van der Waals surface area contributed by atoms with E-state index in [0.29, 0.717) is 15.2 Å². The van der Waals surface area contributed by atoms with Crippen LogP contribution in [0, 0.1) is 0 Å². The van der Waals surface area contributed by atoms with Crippen LogP contribution >= 0.6 is 0 Å². The Hall–Kier alpha value is 0.932. The van der Waals surface area contributed by atoms with Crippen molar-refractivity contribution in [3.8, 4) is 0 Å². The van der Waals surface area contributed by atoms with E-state index in [9.17, 15) is 0 Å². The summed E-state index contributed by atoms with van der Waals surface area (Å²) in [6, 6.07) is 0. The van der Waals surface area contributed by atoms with Crippen LogP contribution in [0.15, 0.2) is 0 Å². The third kappa shape index (κ3) is 10.0. The Morgan fingerprint density at radius 3 is 1.75 bits per heavy atom. The van der Waals surface area contributed by atoms with Gasteiger partial charge in [-0.3, -0.25) is 0 Å². The maximum atomic E-state index is 4.80. The fourth-order valence-electron chi connectivity index (χ4n) is 0.284. The summed E-state index contributed by atoms with van der Waals surface area (Å²) in [5.41, 5.74) is 1.77. The largest absolute Gasteiger partial charge is 1.00 e. The molecule has 0 heterocycles. The Kier molecular flexibility index (Phi) is 15.8. The summed E-state index contributed by atoms with van der Waals surface area (Å²) in [4.78, 5) is 0. The fourth-order valence-corrected chi connectivity index (χ4v) is 0.851. The average molecular weight is 197 g/mol. The maximum Gasteiger partial charge on any atom is -1.00 e. The molecule has 0 radical (unpaired) electrons. The molecule has 0 aromatic heterocycles. The molecular weight excluding hydrogens is 187 g/mol. The molecule has 0 N–H and O–H groups in total. The predicted octanol–water partition coefficient (Wildman–Crippen LogP) is -3.10. The minimum Gasteiger partial charge on any atom is -1.00 e. The first-order chi connectivity index (χ1) is 3.41. The summed E-state index contributed by atoms with van der Waals surface area (Å²) >= 11 is 0.377. The molecule has 0 aromatic carbocycles. The minimum atomic E-state index is 0. The number of hydrogen-bond acceptors (Lipinski definition) is 2. The van der Waals surface area contributed by atoms with E-state index in [1.165, 1.54) is 0 Å². The zero-order valence-electron chi connectivity index (χ0n) is 5.19. The Morgan fingerprint density at radius 1 is 1.12 bits per heavy atom. The monoisotopic (exact) mass is 196 g/mol. The number of hydrogen-bond donors (Lipinski definition) is 0. The van der Waals surface area contributed by atoms with Gasteiger partial charge >= 0.3 is 49.9 Å². The van der Waals surface area contributed by atoms with Gasteiger partial charge < -0.3 is 17.0 Å². The standard InChI is InChI=1S/2C2H5O.Al.BrH/c2*1-3-2;;/h2*1H2,2H3;;1H/q;;+1;/p-1. The molecule has 8 heavy (non-hydrogen) atoms. The third-order valence-electron chi connectivity index (χ3n) is 0.569. The second-order valence-corrected chi connectivity index (χ2v) is 2.44. The van der Waals surface area contributed by atoms with Crippen LogP contribution < -0.4 is 17.0 Å². The van der Waals surface area contributed by atoms with Crippen LogP contribution in [0.1, 0.15) is 0 Å². The maximum absolute atomic E-state index is 4.80. The van der Waals surface area contributed by atoms with Crippen molar-refractivity contribution in [2.45, 2.75) is 0 Å². The zero-order chi connectivity index (χ0) is 5.54. The van der Waals surface area contributed by atoms with Crippen LogP contribution in [0.3, 0.4) is 0 Å². The van der Waals surface area contributed by atoms with Crippen molar-refractivity contribution in [2.75, 3.05) is 25.2 Å². The van der Waals surface area contributed by atoms with Crippen molar-refractivity contribution < 1.29 is 26.5 Å². The normalized spacial score (nSPS) is 7.25. The summed E-state index contributed by atoms with van der Waals surface area (Å²) in [5.74, 6) is 0. The van der Waals surface area contributed by atoms with Crippen LogP contribution in [-0.4, -0.2) is 40.4 Å². The summed E-state index contributed by atoms with van der Waals surface area (Å²) in [6.07, 6.45) is 0. The molecule has 0 spiro atoms. The topological polar surface area (TPSA) is 18.5 Å². The zero-order valence-corrected chi connectivity index (χ0v) is 7.93. The Bertz CT molecular complexity index is 33.2. The minimum absolute atomic E-state index is 0. The van der Waals surface area contributed by atoms with Gasteiger partial charge in [0.1, 0.15) is 0 Å². The molecule has 0 saturated carbocycles. The van der Waals surface area contributed by atoms with E-state index in [0.717, 1.165) is 10.9 Å². The van der Waals surface area contributed by atoms with E-state index in [2.05, 4.69) is 0 Å². The quantitative estimate of drug-likeness (QED) is 0.351. The Labute approximate surface area is 67.0 Å². The summed E-state index contributed by atoms with van der Waals surface area (Å²) < 4.78 is 9.60. The summed E-state index contributed by atoms with van der Waals surface area (Å²) in [6.45, 7) is 0. The molecule has 2 nitrogen and oxygen atoms in total. The Balaban J connectivity index is 0. The third-order valence-corrected chi connectivity index (χ3v) is 1.71. The van der Waals surface area contributed by atoms with Gasteiger partial charge in [-0.1, -0.05) is 0 Å². The van der Waals surface area contributed by atoms with Gasteiger partial charge in [0.2, 0.25) is 0 Å². The van der Waals surface area contributed by atoms with Gasteiger partial charge in [-0.2, -0.15) is 0 Å². The predicted molar refractivity (Wildman–Crippen MR) is 29.5 cm³/mol. The molecule has 0 aromatic rings. The summed E-state index contributed by atoms with van der Waals surface area (Å²) in [5, 5.41) is 0. The van der Waals surface area contributed by atoms with Gasteiger partial charge in [0.15, 0.2) is 0 Å². The number of halogens is 1. The van der Waals surface area contributed by atoms with Crippen molar-refractivity contribution in [3.63, 3.8) is 0 Å². The van der Waals surface area contributed by atoms with E-state index >= 15 is 0 Å². The van der Waals surface area contributed by atoms with Gasteiger partial charge in [0, 0.05) is 0 Å². The van der Waals surface area contributed by atoms with Crippen molar-refractivity contribution in [1.29, 1.82) is 0 Å². The second-order valence-electron chi connectivity index (χ2n) is 1.20. The van der Waals surface area contributed by atoms with Crippen LogP contribution in [-0.2, 0) is 9.47 Å². The SMILES string of the molecule is CO[CH2][Al+][CH2]OC.[Br-]. The van der Waals surface area contributed by atoms with E-state index in [4.69, 9.17) is 9.47 Å². The van der Waals surface area contributed by atoms with Crippen LogP contribution in [0.25, 0.3) is 0 Å². The van der Waals surface area contributed by atoms with Gasteiger partial charge in [0.25, 0.3) is 0 Å². The average Bonchev–Trinajstić information content (AvgIpc) is 1.69. The van der Waals surface area contributed by atoms with Gasteiger partial charge in [0.05, 0.1) is 0 Å². The van der Waals surface area contributed by atoms with Crippen molar-refractivity contribution in [3.05, 3.63) is 0 Å². The molecule has 0 atom stereocenters. The molecule has 0 fully saturated rings. The molecule has 0 aliphatic heterocycles. The Morgan fingerprint density at radius 2 is 1.50 bits per heavy atom. The second kappa shape index (κ2) is 10.8. The molecule has 0 saturated heterocycles. The summed E-state index contributed by atoms with van der Waals surface area (Å²) in [7, 11) is 3.42. The van der Waals surface area contributed by atoms with Crippen molar-refractivity contribution in [2.24, 2.45) is 0 Å². The molecular formula is C4H10AlBrO2. The fraction of sp³-hybridized carbons (Fsp3) is 1.00. The molecule has 48 valence electrons. The molecule has 0 rings (SSSR count). The smallest absolute Gasteiger partial charge is 1.00 e.